The molecule has 0 aliphatic rings. The minimum Gasteiger partial charge on any atom is -0.395 e. The maximum atomic E-state index is 12.4. The summed E-state index contributed by atoms with van der Waals surface area (Å²) >= 11 is 0. The fraction of sp³-hybridized carbons (Fsp3) is 0.455. The molecule has 0 aromatic heterocycles. The van der Waals surface area contributed by atoms with Gasteiger partial charge in [0.05, 0.1) is 23.0 Å². The van der Waals surface area contributed by atoms with Crippen molar-refractivity contribution in [3.63, 3.8) is 0 Å². The molecular formula is C11H17N3O6S. The van der Waals surface area contributed by atoms with Gasteiger partial charge < -0.3 is 15.6 Å². The van der Waals surface area contributed by atoms with E-state index in [2.05, 4.69) is 0 Å². The Hall–Kier alpha value is -1.75. The molecule has 0 fully saturated rings. The molecule has 21 heavy (non-hydrogen) atoms. The number of nitrogens with two attached hydrogens (primary N) is 1. The van der Waals surface area contributed by atoms with Crippen molar-refractivity contribution in [1.29, 1.82) is 0 Å². The number of nitro groups is 1. The van der Waals surface area contributed by atoms with Gasteiger partial charge in [0, 0.05) is 26.3 Å². The summed E-state index contributed by atoms with van der Waals surface area (Å²) in [6, 6.07) is 3.26. The van der Waals surface area contributed by atoms with Crippen molar-refractivity contribution in [2.24, 2.45) is 0 Å². The van der Waals surface area contributed by atoms with Crippen molar-refractivity contribution in [2.75, 3.05) is 39.1 Å². The van der Waals surface area contributed by atoms with E-state index in [4.69, 9.17) is 15.6 Å². The van der Waals surface area contributed by atoms with Crippen LogP contribution in [0.25, 0.3) is 0 Å². The highest BCUT2D eigenvalue weighted by atomic mass is 32.2. The molecule has 0 spiro atoms. The molecule has 0 radical (unpaired) electrons. The van der Waals surface area contributed by atoms with Crippen LogP contribution in [0, 0.1) is 10.1 Å². The molecule has 0 unspecified atom stereocenters. The molecule has 0 saturated carbocycles. The first-order chi connectivity index (χ1) is 9.84. The standard InChI is InChI=1S/C11H17N3O6S/c1-20-7-5-13(4-6-15)21(18,19)9-2-3-10(12)11(8-9)14(16)17/h2-3,8,15H,4-7,12H2,1H3. The molecule has 118 valence electrons. The number of nitrogen functional groups attached to an aromatic ring is 1. The number of nitrogens with zero attached hydrogens (tertiary/aromatic N) is 2. The summed E-state index contributed by atoms with van der Waals surface area (Å²) in [6.07, 6.45) is 0. The number of sulfonamides is 1. The first-order valence-corrected chi connectivity index (χ1v) is 7.42. The Kier molecular flexibility index (Phi) is 6.03. The fourth-order valence-corrected chi connectivity index (χ4v) is 3.08. The van der Waals surface area contributed by atoms with Gasteiger partial charge in [-0.3, -0.25) is 10.1 Å². The molecule has 10 heteroatoms. The molecule has 1 aromatic rings. The van der Waals surface area contributed by atoms with E-state index in [1.54, 1.807) is 0 Å². The molecule has 0 heterocycles. The van der Waals surface area contributed by atoms with Crippen LogP contribution in [0.2, 0.25) is 0 Å². The highest BCUT2D eigenvalue weighted by Crippen LogP contribution is 2.26. The Morgan fingerprint density at radius 2 is 2.10 bits per heavy atom. The van der Waals surface area contributed by atoms with Gasteiger partial charge in [-0.15, -0.1) is 0 Å². The minimum atomic E-state index is -3.97. The summed E-state index contributed by atoms with van der Waals surface area (Å²) < 4.78 is 30.6. The number of methoxy groups -OCH3 is 1. The fourth-order valence-electron chi connectivity index (χ4n) is 1.65. The number of anilines is 1. The van der Waals surface area contributed by atoms with Gasteiger partial charge in [-0.05, 0) is 12.1 Å². The number of benzene rings is 1. The average molecular weight is 319 g/mol. The molecule has 0 saturated heterocycles. The number of aliphatic hydroxyl groups is 1. The number of ether oxygens (including phenoxy) is 1. The topological polar surface area (TPSA) is 136 Å². The first kappa shape index (κ1) is 17.3. The lowest BCUT2D eigenvalue weighted by molar-refractivity contribution is -0.384. The highest BCUT2D eigenvalue weighted by Gasteiger charge is 2.26. The van der Waals surface area contributed by atoms with E-state index < -0.39 is 20.6 Å². The van der Waals surface area contributed by atoms with Gasteiger partial charge in [0.25, 0.3) is 5.69 Å². The monoisotopic (exact) mass is 319 g/mol. The normalized spacial score (nSPS) is 11.8. The first-order valence-electron chi connectivity index (χ1n) is 5.98. The van der Waals surface area contributed by atoms with Crippen LogP contribution in [-0.4, -0.2) is 56.2 Å². The number of rotatable bonds is 8. The number of nitro benzene ring substituents is 1. The molecule has 0 aliphatic carbocycles. The lowest BCUT2D eigenvalue weighted by atomic mass is 10.3. The lowest BCUT2D eigenvalue weighted by Crippen LogP contribution is -2.36. The summed E-state index contributed by atoms with van der Waals surface area (Å²) in [5.41, 5.74) is 4.84. The molecule has 1 aromatic carbocycles. The third-order valence-corrected chi connectivity index (χ3v) is 4.63. The van der Waals surface area contributed by atoms with Gasteiger partial charge >= 0.3 is 0 Å². The quantitative estimate of drug-likeness (QED) is 0.385. The lowest BCUT2D eigenvalue weighted by Gasteiger charge is -2.20. The molecule has 9 nitrogen and oxygen atoms in total. The summed E-state index contributed by atoms with van der Waals surface area (Å²) in [7, 11) is -2.56. The van der Waals surface area contributed by atoms with Crippen LogP contribution in [-0.2, 0) is 14.8 Å². The van der Waals surface area contributed by atoms with Crippen LogP contribution < -0.4 is 5.73 Å². The van der Waals surface area contributed by atoms with E-state index in [1.807, 2.05) is 0 Å². The van der Waals surface area contributed by atoms with Crippen LogP contribution in [0.1, 0.15) is 0 Å². The minimum absolute atomic E-state index is 0.0254. The summed E-state index contributed by atoms with van der Waals surface area (Å²) in [5.74, 6) is 0. The summed E-state index contributed by atoms with van der Waals surface area (Å²) in [5, 5.41) is 19.8. The maximum absolute atomic E-state index is 12.4. The smallest absolute Gasteiger partial charge is 0.293 e. The zero-order chi connectivity index (χ0) is 16.0. The third-order valence-electron chi connectivity index (χ3n) is 2.73. The number of hydrogen-bond donors (Lipinski definition) is 2. The zero-order valence-electron chi connectivity index (χ0n) is 11.4. The predicted molar refractivity (Wildman–Crippen MR) is 75.2 cm³/mol. The van der Waals surface area contributed by atoms with E-state index >= 15 is 0 Å². The van der Waals surface area contributed by atoms with Crippen molar-refractivity contribution >= 4 is 21.4 Å². The van der Waals surface area contributed by atoms with E-state index in [9.17, 15) is 18.5 Å². The van der Waals surface area contributed by atoms with Gasteiger partial charge in [-0.1, -0.05) is 0 Å². The molecule has 3 N–H and O–H groups in total. The predicted octanol–water partition coefficient (Wildman–Crippen LogP) is -0.194. The van der Waals surface area contributed by atoms with Crippen LogP contribution >= 0.6 is 0 Å². The van der Waals surface area contributed by atoms with Crippen LogP contribution in [0.15, 0.2) is 23.1 Å². The highest BCUT2D eigenvalue weighted by molar-refractivity contribution is 7.89. The largest absolute Gasteiger partial charge is 0.395 e. The molecule has 1 rings (SSSR count). The van der Waals surface area contributed by atoms with Crippen LogP contribution in [0.4, 0.5) is 11.4 Å². The number of aliphatic hydroxyl groups excluding tert-OH is 1. The second kappa shape index (κ2) is 7.31. The van der Waals surface area contributed by atoms with Crippen LogP contribution in [0.5, 0.6) is 0 Å². The molecule has 0 bridgehead atoms. The second-order valence-electron chi connectivity index (χ2n) is 4.10. The Morgan fingerprint density at radius 1 is 1.43 bits per heavy atom. The van der Waals surface area contributed by atoms with E-state index in [-0.39, 0.29) is 36.9 Å². The van der Waals surface area contributed by atoms with Crippen molar-refractivity contribution < 1.29 is 23.2 Å². The van der Waals surface area contributed by atoms with Gasteiger partial charge in [0.15, 0.2) is 0 Å². The Balaban J connectivity index is 3.21. The van der Waals surface area contributed by atoms with Crippen LogP contribution in [0.3, 0.4) is 0 Å². The molecule has 0 amide bonds. The van der Waals surface area contributed by atoms with Crippen molar-refractivity contribution in [3.05, 3.63) is 28.3 Å². The second-order valence-corrected chi connectivity index (χ2v) is 6.04. The Morgan fingerprint density at radius 3 is 2.62 bits per heavy atom. The SMILES string of the molecule is COCCN(CCO)S(=O)(=O)c1ccc(N)c([N+](=O)[O-])c1. The summed E-state index contributed by atoms with van der Waals surface area (Å²) in [6.45, 7) is -0.349. The summed E-state index contributed by atoms with van der Waals surface area (Å²) in [4.78, 5) is 9.82. The maximum Gasteiger partial charge on any atom is 0.293 e. The van der Waals surface area contributed by atoms with E-state index in [1.165, 1.54) is 19.2 Å². The van der Waals surface area contributed by atoms with Crippen molar-refractivity contribution in [1.82, 2.24) is 4.31 Å². The van der Waals surface area contributed by atoms with Gasteiger partial charge in [0.1, 0.15) is 5.69 Å². The van der Waals surface area contributed by atoms with E-state index in [0.29, 0.717) is 0 Å². The van der Waals surface area contributed by atoms with Gasteiger partial charge in [0.2, 0.25) is 10.0 Å². The average Bonchev–Trinajstić information content (AvgIpc) is 2.43. The van der Waals surface area contributed by atoms with Crippen molar-refractivity contribution in [2.45, 2.75) is 4.90 Å². The number of hydrogen-bond acceptors (Lipinski definition) is 7. The molecule has 0 aliphatic heterocycles. The van der Waals surface area contributed by atoms with Gasteiger partial charge in [-0.2, -0.15) is 4.31 Å². The molecule has 0 atom stereocenters. The van der Waals surface area contributed by atoms with Gasteiger partial charge in [-0.25, -0.2) is 8.42 Å². The Labute approximate surface area is 122 Å². The Bertz CT molecular complexity index is 604. The third kappa shape index (κ3) is 4.11. The molecular weight excluding hydrogens is 302 g/mol. The van der Waals surface area contributed by atoms with E-state index in [0.717, 1.165) is 10.4 Å². The van der Waals surface area contributed by atoms with Crippen molar-refractivity contribution in [3.8, 4) is 0 Å². The zero-order valence-corrected chi connectivity index (χ0v) is 12.2.